The number of hydrogen-bond acceptors (Lipinski definition) is 6. The van der Waals surface area contributed by atoms with Gasteiger partial charge in [0.2, 0.25) is 11.8 Å². The number of carbonyl (C=O) groups excluding carboxylic acids is 3. The third-order valence-electron chi connectivity index (χ3n) is 3.04. The number of aromatic nitrogens is 4. The SMILES string of the molecule is O=C(C[C@H]1NC(=O)c2ccccc2NC1=O)Nc1nn[nH]n1. The van der Waals surface area contributed by atoms with Gasteiger partial charge >= 0.3 is 0 Å². The van der Waals surface area contributed by atoms with Crippen LogP contribution in [0.3, 0.4) is 0 Å². The molecule has 22 heavy (non-hydrogen) atoms. The summed E-state index contributed by atoms with van der Waals surface area (Å²) in [6.07, 6.45) is -0.250. The number of H-pyrrole nitrogens is 1. The van der Waals surface area contributed by atoms with Gasteiger partial charge in [0.25, 0.3) is 11.9 Å². The van der Waals surface area contributed by atoms with Crippen molar-refractivity contribution in [2.24, 2.45) is 0 Å². The molecule has 112 valence electrons. The lowest BCUT2D eigenvalue weighted by atomic mass is 10.1. The molecule has 1 aliphatic heterocycles. The van der Waals surface area contributed by atoms with Crippen LogP contribution in [0, 0.1) is 0 Å². The largest absolute Gasteiger partial charge is 0.340 e. The van der Waals surface area contributed by atoms with E-state index in [2.05, 4.69) is 36.6 Å². The highest BCUT2D eigenvalue weighted by Gasteiger charge is 2.29. The molecule has 1 aromatic heterocycles. The monoisotopic (exact) mass is 301 g/mol. The predicted octanol–water partition coefficient (Wildman–Crippen LogP) is -0.721. The molecule has 0 unspecified atom stereocenters. The summed E-state index contributed by atoms with van der Waals surface area (Å²) < 4.78 is 0. The van der Waals surface area contributed by atoms with Gasteiger partial charge in [0.05, 0.1) is 17.7 Å². The number of tetrazole rings is 1. The molecule has 3 rings (SSSR count). The summed E-state index contributed by atoms with van der Waals surface area (Å²) in [7, 11) is 0. The summed E-state index contributed by atoms with van der Waals surface area (Å²) in [4.78, 5) is 36.0. The summed E-state index contributed by atoms with van der Waals surface area (Å²) in [5, 5.41) is 20.1. The van der Waals surface area contributed by atoms with Crippen LogP contribution in [-0.2, 0) is 9.59 Å². The van der Waals surface area contributed by atoms with Gasteiger partial charge in [-0.3, -0.25) is 19.7 Å². The molecule has 4 N–H and O–H groups in total. The zero-order valence-electron chi connectivity index (χ0n) is 11.2. The third-order valence-corrected chi connectivity index (χ3v) is 3.04. The average molecular weight is 301 g/mol. The van der Waals surface area contributed by atoms with Crippen molar-refractivity contribution in [2.75, 3.05) is 10.6 Å². The number of benzene rings is 1. The van der Waals surface area contributed by atoms with Crippen LogP contribution in [0.15, 0.2) is 24.3 Å². The molecule has 1 aromatic carbocycles. The Balaban J connectivity index is 1.71. The summed E-state index contributed by atoms with van der Waals surface area (Å²) in [6.45, 7) is 0. The van der Waals surface area contributed by atoms with Gasteiger partial charge in [0, 0.05) is 0 Å². The van der Waals surface area contributed by atoms with Crippen molar-refractivity contribution in [1.82, 2.24) is 25.9 Å². The summed E-state index contributed by atoms with van der Waals surface area (Å²) in [5.74, 6) is -1.42. The van der Waals surface area contributed by atoms with Crippen LogP contribution in [0.4, 0.5) is 11.6 Å². The Morgan fingerprint density at radius 1 is 1.27 bits per heavy atom. The van der Waals surface area contributed by atoms with Gasteiger partial charge < -0.3 is 10.6 Å². The molecule has 0 fully saturated rings. The number of aromatic amines is 1. The van der Waals surface area contributed by atoms with Crippen LogP contribution in [0.2, 0.25) is 0 Å². The maximum absolute atomic E-state index is 12.1. The van der Waals surface area contributed by atoms with E-state index in [4.69, 9.17) is 0 Å². The smallest absolute Gasteiger partial charge is 0.269 e. The number of nitrogens with one attached hydrogen (secondary N) is 4. The first-order chi connectivity index (χ1) is 10.6. The standard InChI is InChI=1S/C12H11N7O3/c20-9(15-12-16-18-19-17-12)5-8-11(22)13-7-4-2-1-3-6(7)10(21)14-8/h1-4,8H,5H2,(H,13,22)(H,14,21)(H2,15,16,17,18,19,20)/t8-/m1/s1. The van der Waals surface area contributed by atoms with Crippen molar-refractivity contribution < 1.29 is 14.4 Å². The van der Waals surface area contributed by atoms with Crippen molar-refractivity contribution in [2.45, 2.75) is 12.5 Å². The Morgan fingerprint density at radius 2 is 2.09 bits per heavy atom. The maximum atomic E-state index is 12.1. The van der Waals surface area contributed by atoms with E-state index in [1.165, 1.54) is 0 Å². The molecule has 1 aliphatic rings. The first-order valence-electron chi connectivity index (χ1n) is 6.37. The van der Waals surface area contributed by atoms with Gasteiger partial charge in [-0.15, -0.1) is 5.10 Å². The molecule has 2 aromatic rings. The Labute approximate surface area is 123 Å². The topological polar surface area (TPSA) is 142 Å². The van der Waals surface area contributed by atoms with Crippen LogP contribution in [0.1, 0.15) is 16.8 Å². The number of amides is 3. The molecule has 2 heterocycles. The van der Waals surface area contributed by atoms with Gasteiger partial charge in [-0.1, -0.05) is 17.2 Å². The fourth-order valence-electron chi connectivity index (χ4n) is 2.03. The highest BCUT2D eigenvalue weighted by Crippen LogP contribution is 2.18. The number of para-hydroxylation sites is 1. The molecule has 1 atom stereocenters. The molecule has 10 heteroatoms. The van der Waals surface area contributed by atoms with Gasteiger partial charge in [0.1, 0.15) is 6.04 Å². The molecular weight excluding hydrogens is 290 g/mol. The van der Waals surface area contributed by atoms with Crippen LogP contribution >= 0.6 is 0 Å². The van der Waals surface area contributed by atoms with Crippen molar-refractivity contribution in [3.05, 3.63) is 29.8 Å². The Bertz CT molecular complexity index is 728. The minimum absolute atomic E-state index is 0.00589. The lowest BCUT2D eigenvalue weighted by molar-refractivity contribution is -0.122. The molecule has 0 saturated carbocycles. The number of hydrogen-bond donors (Lipinski definition) is 4. The fraction of sp³-hybridized carbons (Fsp3) is 0.167. The minimum Gasteiger partial charge on any atom is -0.340 e. The first-order valence-corrected chi connectivity index (χ1v) is 6.37. The summed E-state index contributed by atoms with van der Waals surface area (Å²) >= 11 is 0. The van der Waals surface area contributed by atoms with Crippen LogP contribution in [0.25, 0.3) is 0 Å². The second-order valence-corrected chi connectivity index (χ2v) is 4.55. The molecule has 0 saturated heterocycles. The van der Waals surface area contributed by atoms with Crippen molar-refractivity contribution in [3.8, 4) is 0 Å². The van der Waals surface area contributed by atoms with Gasteiger partial charge in [0.15, 0.2) is 0 Å². The zero-order valence-corrected chi connectivity index (χ0v) is 11.2. The number of nitrogens with zero attached hydrogens (tertiary/aromatic N) is 3. The normalized spacial score (nSPS) is 17.0. The van der Waals surface area contributed by atoms with E-state index in [1.54, 1.807) is 24.3 Å². The highest BCUT2D eigenvalue weighted by molar-refractivity contribution is 6.11. The van der Waals surface area contributed by atoms with Crippen molar-refractivity contribution in [3.63, 3.8) is 0 Å². The number of fused-ring (bicyclic) bond motifs is 1. The average Bonchev–Trinajstić information content (AvgIpc) is 2.95. The quantitative estimate of drug-likeness (QED) is 0.589. The van der Waals surface area contributed by atoms with E-state index in [9.17, 15) is 14.4 Å². The second-order valence-electron chi connectivity index (χ2n) is 4.55. The summed E-state index contributed by atoms with van der Waals surface area (Å²) in [5.41, 5.74) is 0.753. The minimum atomic E-state index is -0.994. The molecule has 0 radical (unpaired) electrons. The lowest BCUT2D eigenvalue weighted by Gasteiger charge is -2.13. The van der Waals surface area contributed by atoms with E-state index in [0.717, 1.165) is 0 Å². The molecular formula is C12H11N7O3. The fourth-order valence-corrected chi connectivity index (χ4v) is 2.03. The number of rotatable bonds is 3. The molecule has 0 aliphatic carbocycles. The zero-order chi connectivity index (χ0) is 15.5. The van der Waals surface area contributed by atoms with Gasteiger partial charge in [-0.2, -0.15) is 5.21 Å². The number of carbonyl (C=O) groups is 3. The predicted molar refractivity (Wildman–Crippen MR) is 73.8 cm³/mol. The van der Waals surface area contributed by atoms with Gasteiger partial charge in [-0.25, -0.2) is 0 Å². The molecule has 3 amide bonds. The van der Waals surface area contributed by atoms with Crippen molar-refractivity contribution in [1.29, 1.82) is 0 Å². The van der Waals surface area contributed by atoms with Crippen molar-refractivity contribution >= 4 is 29.4 Å². The van der Waals surface area contributed by atoms with E-state index in [1.807, 2.05) is 0 Å². The molecule has 10 nitrogen and oxygen atoms in total. The van der Waals surface area contributed by atoms with E-state index in [-0.39, 0.29) is 12.4 Å². The first kappa shape index (κ1) is 13.7. The van der Waals surface area contributed by atoms with Crippen LogP contribution in [0.5, 0.6) is 0 Å². The maximum Gasteiger partial charge on any atom is 0.269 e. The molecule has 0 spiro atoms. The second kappa shape index (κ2) is 5.60. The van der Waals surface area contributed by atoms with Gasteiger partial charge in [-0.05, 0) is 17.3 Å². The lowest BCUT2D eigenvalue weighted by Crippen LogP contribution is -2.43. The third kappa shape index (κ3) is 2.75. The summed E-state index contributed by atoms with van der Waals surface area (Å²) in [6, 6.07) is 5.61. The van der Waals surface area contributed by atoms with E-state index in [0.29, 0.717) is 11.3 Å². The van der Waals surface area contributed by atoms with E-state index < -0.39 is 23.8 Å². The highest BCUT2D eigenvalue weighted by atomic mass is 16.2. The molecule has 0 bridgehead atoms. The number of anilines is 2. The Kier molecular flexibility index (Phi) is 3.48. The van der Waals surface area contributed by atoms with Crippen LogP contribution < -0.4 is 16.0 Å². The van der Waals surface area contributed by atoms with E-state index >= 15 is 0 Å². The van der Waals surface area contributed by atoms with Crippen LogP contribution in [-0.4, -0.2) is 44.4 Å². The Hall–Kier alpha value is -3.30. The Morgan fingerprint density at radius 3 is 2.86 bits per heavy atom.